The second kappa shape index (κ2) is 6.87. The fourth-order valence-electron chi connectivity index (χ4n) is 3.11. The lowest BCUT2D eigenvalue weighted by Gasteiger charge is -2.17. The molecule has 2 aromatic rings. The van der Waals surface area contributed by atoms with E-state index >= 15 is 0 Å². The van der Waals surface area contributed by atoms with E-state index in [1.165, 1.54) is 6.07 Å². The molecular formula is C17H19F3N4O. The number of rotatable bonds is 4. The first-order valence-electron chi connectivity index (χ1n) is 7.97. The van der Waals surface area contributed by atoms with Gasteiger partial charge in [0.05, 0.1) is 17.7 Å². The van der Waals surface area contributed by atoms with Gasteiger partial charge in [0.25, 0.3) is 0 Å². The highest BCUT2D eigenvalue weighted by Gasteiger charge is 2.34. The van der Waals surface area contributed by atoms with Crippen LogP contribution in [0, 0.1) is 5.92 Å². The van der Waals surface area contributed by atoms with Gasteiger partial charge in [-0.25, -0.2) is 0 Å². The van der Waals surface area contributed by atoms with Crippen molar-refractivity contribution in [2.24, 2.45) is 13.0 Å². The summed E-state index contributed by atoms with van der Waals surface area (Å²) in [5, 5.41) is 10.1. The average molecular weight is 352 g/mol. The van der Waals surface area contributed by atoms with Gasteiger partial charge in [-0.3, -0.25) is 9.48 Å². The number of aromatic nitrogens is 2. The maximum Gasteiger partial charge on any atom is 0.416 e. The van der Waals surface area contributed by atoms with Crippen LogP contribution < -0.4 is 10.6 Å². The molecule has 0 saturated carbocycles. The van der Waals surface area contributed by atoms with Crippen molar-refractivity contribution >= 4 is 5.91 Å². The molecule has 1 aromatic carbocycles. The van der Waals surface area contributed by atoms with Gasteiger partial charge < -0.3 is 10.6 Å². The van der Waals surface area contributed by atoms with E-state index < -0.39 is 11.7 Å². The van der Waals surface area contributed by atoms with Crippen LogP contribution in [0.2, 0.25) is 0 Å². The third kappa shape index (κ3) is 4.01. The van der Waals surface area contributed by atoms with Crippen molar-refractivity contribution in [3.05, 3.63) is 53.3 Å². The molecule has 1 fully saturated rings. The fraction of sp³-hybridized carbons (Fsp3) is 0.412. The predicted octanol–water partition coefficient (Wildman–Crippen LogP) is 2.06. The Balaban J connectivity index is 1.64. The second-order valence-corrected chi connectivity index (χ2v) is 6.23. The summed E-state index contributed by atoms with van der Waals surface area (Å²) in [4.78, 5) is 12.5. The maximum absolute atomic E-state index is 12.7. The molecule has 2 heterocycles. The summed E-state index contributed by atoms with van der Waals surface area (Å²) >= 11 is 0. The minimum absolute atomic E-state index is 0.00945. The van der Waals surface area contributed by atoms with Gasteiger partial charge in [0, 0.05) is 38.8 Å². The van der Waals surface area contributed by atoms with Crippen LogP contribution in [0.25, 0.3) is 0 Å². The summed E-state index contributed by atoms with van der Waals surface area (Å²) in [7, 11) is 1.81. The number of carbonyl (C=O) groups is 1. The SMILES string of the molecule is Cn1cc([C@H]2CNC[C@@H]2C(=O)NCc2cccc(C(F)(F)F)c2)cn1. The lowest BCUT2D eigenvalue weighted by molar-refractivity contribution is -0.137. The number of benzene rings is 1. The zero-order valence-electron chi connectivity index (χ0n) is 13.7. The van der Waals surface area contributed by atoms with Crippen LogP contribution in [-0.2, 0) is 24.6 Å². The molecule has 3 rings (SSSR count). The summed E-state index contributed by atoms with van der Waals surface area (Å²) in [5.74, 6) is -0.429. The van der Waals surface area contributed by atoms with Crippen molar-refractivity contribution in [3.63, 3.8) is 0 Å². The van der Waals surface area contributed by atoms with Crippen LogP contribution >= 0.6 is 0 Å². The van der Waals surface area contributed by atoms with Crippen molar-refractivity contribution in [2.75, 3.05) is 13.1 Å². The molecule has 0 aliphatic carbocycles. The van der Waals surface area contributed by atoms with Crippen molar-refractivity contribution in [1.29, 1.82) is 0 Å². The van der Waals surface area contributed by atoms with Crippen LogP contribution in [-0.4, -0.2) is 28.8 Å². The Bertz CT molecular complexity index is 756. The van der Waals surface area contributed by atoms with Crippen LogP contribution in [0.15, 0.2) is 36.7 Å². The molecule has 1 amide bonds. The third-order valence-corrected chi connectivity index (χ3v) is 4.43. The van der Waals surface area contributed by atoms with E-state index in [1.54, 1.807) is 16.9 Å². The number of halogens is 3. The molecule has 1 aromatic heterocycles. The smallest absolute Gasteiger partial charge is 0.352 e. The van der Waals surface area contributed by atoms with E-state index in [4.69, 9.17) is 0 Å². The largest absolute Gasteiger partial charge is 0.416 e. The van der Waals surface area contributed by atoms with E-state index in [-0.39, 0.29) is 24.3 Å². The van der Waals surface area contributed by atoms with Gasteiger partial charge >= 0.3 is 6.18 Å². The Morgan fingerprint density at radius 3 is 2.88 bits per heavy atom. The van der Waals surface area contributed by atoms with Gasteiger partial charge in [-0.15, -0.1) is 0 Å². The van der Waals surface area contributed by atoms with Gasteiger partial charge in [-0.2, -0.15) is 18.3 Å². The molecule has 25 heavy (non-hydrogen) atoms. The summed E-state index contributed by atoms with van der Waals surface area (Å²) < 4.78 is 39.9. The monoisotopic (exact) mass is 352 g/mol. The topological polar surface area (TPSA) is 59.0 Å². The molecule has 0 bridgehead atoms. The Kier molecular flexibility index (Phi) is 4.80. The van der Waals surface area contributed by atoms with Crippen LogP contribution in [0.1, 0.15) is 22.6 Å². The zero-order chi connectivity index (χ0) is 18.0. The fourth-order valence-corrected chi connectivity index (χ4v) is 3.11. The summed E-state index contributed by atoms with van der Waals surface area (Å²) in [6.45, 7) is 1.28. The normalized spacial score (nSPS) is 20.6. The number of nitrogens with one attached hydrogen (secondary N) is 2. The Labute approximate surface area is 143 Å². The molecule has 0 spiro atoms. The molecule has 8 heteroatoms. The van der Waals surface area contributed by atoms with Crippen molar-refractivity contribution in [2.45, 2.75) is 18.6 Å². The number of aryl methyl sites for hydroxylation is 1. The Morgan fingerprint density at radius 1 is 1.40 bits per heavy atom. The van der Waals surface area contributed by atoms with Crippen molar-refractivity contribution < 1.29 is 18.0 Å². The molecule has 1 saturated heterocycles. The van der Waals surface area contributed by atoms with Gasteiger partial charge in [0.1, 0.15) is 0 Å². The first kappa shape index (κ1) is 17.5. The Hall–Kier alpha value is -2.35. The minimum atomic E-state index is -4.39. The second-order valence-electron chi connectivity index (χ2n) is 6.23. The summed E-state index contributed by atoms with van der Waals surface area (Å²) in [6, 6.07) is 5.00. The minimum Gasteiger partial charge on any atom is -0.352 e. The molecule has 2 atom stereocenters. The predicted molar refractivity (Wildman–Crippen MR) is 85.6 cm³/mol. The summed E-state index contributed by atoms with van der Waals surface area (Å²) in [6.07, 6.45) is -0.768. The number of carbonyl (C=O) groups excluding carboxylic acids is 1. The highest BCUT2D eigenvalue weighted by Crippen LogP contribution is 2.30. The highest BCUT2D eigenvalue weighted by atomic mass is 19.4. The van der Waals surface area contributed by atoms with Crippen LogP contribution in [0.4, 0.5) is 13.2 Å². The number of hydrogen-bond donors (Lipinski definition) is 2. The molecule has 0 unspecified atom stereocenters. The number of amides is 1. The Morgan fingerprint density at radius 2 is 2.20 bits per heavy atom. The first-order chi connectivity index (χ1) is 11.8. The molecular weight excluding hydrogens is 333 g/mol. The maximum atomic E-state index is 12.7. The van der Waals surface area contributed by atoms with Gasteiger partial charge in [0.15, 0.2) is 0 Å². The lowest BCUT2D eigenvalue weighted by Crippen LogP contribution is -2.34. The quantitative estimate of drug-likeness (QED) is 0.886. The lowest BCUT2D eigenvalue weighted by atomic mass is 9.90. The van der Waals surface area contributed by atoms with E-state index in [2.05, 4.69) is 15.7 Å². The van der Waals surface area contributed by atoms with E-state index in [0.29, 0.717) is 18.7 Å². The van der Waals surface area contributed by atoms with Crippen LogP contribution in [0.5, 0.6) is 0 Å². The molecule has 5 nitrogen and oxygen atoms in total. The first-order valence-corrected chi connectivity index (χ1v) is 7.97. The third-order valence-electron chi connectivity index (χ3n) is 4.43. The van der Waals surface area contributed by atoms with E-state index in [9.17, 15) is 18.0 Å². The molecule has 0 radical (unpaired) electrons. The van der Waals surface area contributed by atoms with Gasteiger partial charge in [-0.05, 0) is 23.3 Å². The van der Waals surface area contributed by atoms with Crippen LogP contribution in [0.3, 0.4) is 0 Å². The van der Waals surface area contributed by atoms with Crippen molar-refractivity contribution in [3.8, 4) is 0 Å². The molecule has 134 valence electrons. The molecule has 1 aliphatic rings. The summed E-state index contributed by atoms with van der Waals surface area (Å²) in [5.41, 5.74) is 0.689. The number of nitrogens with zero attached hydrogens (tertiary/aromatic N) is 2. The number of alkyl halides is 3. The highest BCUT2D eigenvalue weighted by molar-refractivity contribution is 5.80. The number of hydrogen-bond acceptors (Lipinski definition) is 3. The molecule has 2 N–H and O–H groups in total. The van der Waals surface area contributed by atoms with E-state index in [1.807, 2.05) is 13.2 Å². The molecule has 1 aliphatic heterocycles. The van der Waals surface area contributed by atoms with Crippen molar-refractivity contribution in [1.82, 2.24) is 20.4 Å². The van der Waals surface area contributed by atoms with Gasteiger partial charge in [0.2, 0.25) is 5.91 Å². The average Bonchev–Trinajstić information content (AvgIpc) is 3.20. The van der Waals surface area contributed by atoms with Gasteiger partial charge in [-0.1, -0.05) is 12.1 Å². The standard InChI is InChI=1S/C17H19F3N4O/c1-24-10-12(7-23-24)14-8-21-9-15(14)16(25)22-6-11-3-2-4-13(5-11)17(18,19)20/h2-5,7,10,14-15,21H,6,8-9H2,1H3,(H,22,25)/t14-,15+/m1/s1. The van der Waals surface area contributed by atoms with E-state index in [0.717, 1.165) is 17.7 Å². The zero-order valence-corrected chi connectivity index (χ0v) is 13.7.